The molecule has 0 saturated heterocycles. The van der Waals surface area contributed by atoms with Crippen LogP contribution >= 0.6 is 11.6 Å². The third-order valence-electron chi connectivity index (χ3n) is 3.39. The van der Waals surface area contributed by atoms with Gasteiger partial charge < -0.3 is 0 Å². The van der Waals surface area contributed by atoms with Crippen molar-refractivity contribution < 1.29 is 0 Å². The monoisotopic (exact) mass is 244 g/mol. The predicted octanol–water partition coefficient (Wildman–Crippen LogP) is 4.06. The molecule has 86 valence electrons. The second-order valence-corrected chi connectivity index (χ2v) is 4.86. The van der Waals surface area contributed by atoms with Crippen LogP contribution in [0.5, 0.6) is 0 Å². The van der Waals surface area contributed by atoms with Crippen molar-refractivity contribution in [3.63, 3.8) is 0 Å². The van der Waals surface area contributed by atoms with Crippen LogP contribution in [0.3, 0.4) is 0 Å². The van der Waals surface area contributed by atoms with Crippen LogP contribution in [-0.4, -0.2) is 9.97 Å². The van der Waals surface area contributed by atoms with E-state index in [-0.39, 0.29) is 0 Å². The van der Waals surface area contributed by atoms with Crippen molar-refractivity contribution in [3.05, 3.63) is 47.4 Å². The lowest BCUT2D eigenvalue weighted by atomic mass is 9.80. The lowest BCUT2D eigenvalue weighted by Gasteiger charge is -2.25. The van der Waals surface area contributed by atoms with Crippen molar-refractivity contribution in [2.45, 2.75) is 25.2 Å². The Morgan fingerprint density at radius 2 is 1.82 bits per heavy atom. The fourth-order valence-electron chi connectivity index (χ4n) is 2.15. The molecule has 0 aliphatic heterocycles. The lowest BCUT2D eigenvalue weighted by molar-refractivity contribution is 0.420. The maximum atomic E-state index is 5.83. The summed E-state index contributed by atoms with van der Waals surface area (Å²) in [5.41, 5.74) is 3.34. The van der Waals surface area contributed by atoms with Gasteiger partial charge in [-0.2, -0.15) is 0 Å². The number of rotatable bonds is 2. The van der Waals surface area contributed by atoms with Gasteiger partial charge in [0.05, 0.1) is 18.1 Å². The second kappa shape index (κ2) is 4.46. The Labute approximate surface area is 106 Å². The molecule has 0 spiro atoms. The Morgan fingerprint density at radius 3 is 2.41 bits per heavy atom. The molecule has 2 nitrogen and oxygen atoms in total. The van der Waals surface area contributed by atoms with Gasteiger partial charge in [-0.15, -0.1) is 0 Å². The molecule has 0 bridgehead atoms. The average molecular weight is 245 g/mol. The number of hydrogen-bond donors (Lipinski definition) is 0. The number of nitrogens with zero attached hydrogens (tertiary/aromatic N) is 2. The predicted molar refractivity (Wildman–Crippen MR) is 69.1 cm³/mol. The van der Waals surface area contributed by atoms with Gasteiger partial charge in [0.25, 0.3) is 0 Å². The largest absolute Gasteiger partial charge is 0.259 e. The molecule has 1 aliphatic carbocycles. The number of halogens is 1. The van der Waals surface area contributed by atoms with Gasteiger partial charge in [-0.1, -0.05) is 42.3 Å². The summed E-state index contributed by atoms with van der Waals surface area (Å²) >= 11 is 5.83. The number of hydrogen-bond acceptors (Lipinski definition) is 2. The molecule has 1 aromatic heterocycles. The molecule has 0 radical (unpaired) electrons. The van der Waals surface area contributed by atoms with E-state index in [4.69, 9.17) is 11.6 Å². The van der Waals surface area contributed by atoms with Crippen molar-refractivity contribution in [1.29, 1.82) is 0 Å². The molecule has 17 heavy (non-hydrogen) atoms. The first-order chi connectivity index (χ1) is 8.33. The van der Waals surface area contributed by atoms with Crippen LogP contribution in [0.1, 0.15) is 30.7 Å². The number of aromatic nitrogens is 2. The summed E-state index contributed by atoms with van der Waals surface area (Å²) < 4.78 is 0. The first kappa shape index (κ1) is 10.7. The van der Waals surface area contributed by atoms with E-state index in [0.717, 1.165) is 17.2 Å². The zero-order valence-corrected chi connectivity index (χ0v) is 10.2. The van der Waals surface area contributed by atoms with Gasteiger partial charge in [0, 0.05) is 5.56 Å². The van der Waals surface area contributed by atoms with Crippen molar-refractivity contribution >= 4 is 11.6 Å². The van der Waals surface area contributed by atoms with E-state index >= 15 is 0 Å². The highest BCUT2D eigenvalue weighted by Crippen LogP contribution is 2.36. The highest BCUT2D eigenvalue weighted by Gasteiger charge is 2.19. The highest BCUT2D eigenvalue weighted by atomic mass is 35.5. The van der Waals surface area contributed by atoms with Gasteiger partial charge >= 0.3 is 0 Å². The summed E-state index contributed by atoms with van der Waals surface area (Å²) in [4.78, 5) is 8.31. The van der Waals surface area contributed by atoms with Crippen LogP contribution in [-0.2, 0) is 0 Å². The molecule has 0 N–H and O–H groups in total. The van der Waals surface area contributed by atoms with Crippen LogP contribution in [0.15, 0.2) is 36.7 Å². The molecule has 1 fully saturated rings. The van der Waals surface area contributed by atoms with Crippen molar-refractivity contribution in [2.24, 2.45) is 0 Å². The molecule has 0 amide bonds. The Kier molecular flexibility index (Phi) is 2.81. The Balaban J connectivity index is 1.88. The van der Waals surface area contributed by atoms with E-state index in [0.29, 0.717) is 5.15 Å². The van der Waals surface area contributed by atoms with Gasteiger partial charge in [0.2, 0.25) is 0 Å². The van der Waals surface area contributed by atoms with E-state index in [1.54, 1.807) is 12.4 Å². The summed E-state index contributed by atoms with van der Waals surface area (Å²) in [6, 6.07) is 8.60. The molecular formula is C14H13ClN2. The maximum Gasteiger partial charge on any atom is 0.148 e. The molecule has 1 aliphatic rings. The first-order valence-corrected chi connectivity index (χ1v) is 6.28. The summed E-state index contributed by atoms with van der Waals surface area (Å²) in [5.74, 6) is 0.773. The Hall–Kier alpha value is -1.41. The minimum Gasteiger partial charge on any atom is -0.259 e. The molecule has 1 heterocycles. The standard InChI is InChI=1S/C14H13ClN2/c15-14-9-16-8-13(17-14)12-6-4-11(5-7-12)10-2-1-3-10/h4-10H,1-3H2. The van der Waals surface area contributed by atoms with E-state index in [1.807, 2.05) is 0 Å². The molecule has 0 unspecified atom stereocenters. The van der Waals surface area contributed by atoms with Crippen LogP contribution in [0, 0.1) is 0 Å². The first-order valence-electron chi connectivity index (χ1n) is 5.91. The summed E-state index contributed by atoms with van der Waals surface area (Å²) in [5, 5.41) is 0.436. The molecule has 0 atom stereocenters. The summed E-state index contributed by atoms with van der Waals surface area (Å²) in [6.07, 6.45) is 7.32. The van der Waals surface area contributed by atoms with Crippen LogP contribution in [0.4, 0.5) is 0 Å². The third kappa shape index (κ3) is 2.18. The molecule has 1 aromatic carbocycles. The normalized spacial score (nSPS) is 15.6. The zero-order chi connectivity index (χ0) is 11.7. The Morgan fingerprint density at radius 1 is 1.06 bits per heavy atom. The maximum absolute atomic E-state index is 5.83. The van der Waals surface area contributed by atoms with Gasteiger partial charge in [0.15, 0.2) is 0 Å². The van der Waals surface area contributed by atoms with Gasteiger partial charge in [0.1, 0.15) is 5.15 Å². The van der Waals surface area contributed by atoms with Gasteiger partial charge in [-0.3, -0.25) is 4.98 Å². The molecule has 1 saturated carbocycles. The van der Waals surface area contributed by atoms with Gasteiger partial charge in [-0.25, -0.2) is 4.98 Å². The SMILES string of the molecule is Clc1cncc(-c2ccc(C3CCC3)cc2)n1. The van der Waals surface area contributed by atoms with Crippen molar-refractivity contribution in [3.8, 4) is 11.3 Å². The van der Waals surface area contributed by atoms with Gasteiger partial charge in [-0.05, 0) is 24.3 Å². The highest BCUT2D eigenvalue weighted by molar-refractivity contribution is 6.29. The van der Waals surface area contributed by atoms with Crippen molar-refractivity contribution in [2.75, 3.05) is 0 Å². The zero-order valence-electron chi connectivity index (χ0n) is 9.44. The molecule has 3 heteroatoms. The Bertz CT molecular complexity index is 518. The fraction of sp³-hybridized carbons (Fsp3) is 0.286. The second-order valence-electron chi connectivity index (χ2n) is 4.48. The average Bonchev–Trinajstić information content (AvgIpc) is 2.28. The molecule has 3 rings (SSSR count). The van der Waals surface area contributed by atoms with E-state index in [2.05, 4.69) is 34.2 Å². The van der Waals surface area contributed by atoms with E-state index in [9.17, 15) is 0 Å². The fourth-order valence-corrected chi connectivity index (χ4v) is 2.30. The van der Waals surface area contributed by atoms with E-state index < -0.39 is 0 Å². The minimum atomic E-state index is 0.436. The summed E-state index contributed by atoms with van der Waals surface area (Å²) in [6.45, 7) is 0. The molecular weight excluding hydrogens is 232 g/mol. The topological polar surface area (TPSA) is 25.8 Å². The number of benzene rings is 1. The quantitative estimate of drug-likeness (QED) is 0.796. The lowest BCUT2D eigenvalue weighted by Crippen LogP contribution is -2.08. The van der Waals surface area contributed by atoms with Crippen LogP contribution in [0.2, 0.25) is 5.15 Å². The van der Waals surface area contributed by atoms with Crippen LogP contribution < -0.4 is 0 Å². The molecule has 2 aromatic rings. The summed E-state index contributed by atoms with van der Waals surface area (Å²) in [7, 11) is 0. The minimum absolute atomic E-state index is 0.436. The van der Waals surface area contributed by atoms with Crippen molar-refractivity contribution in [1.82, 2.24) is 9.97 Å². The smallest absolute Gasteiger partial charge is 0.148 e. The third-order valence-corrected chi connectivity index (χ3v) is 3.57. The van der Waals surface area contributed by atoms with E-state index in [1.165, 1.54) is 24.8 Å². The van der Waals surface area contributed by atoms with Crippen LogP contribution in [0.25, 0.3) is 11.3 Å².